The first-order valence-electron chi connectivity index (χ1n) is 7.81. The van der Waals surface area contributed by atoms with Crippen LogP contribution in [0.25, 0.3) is 0 Å². The van der Waals surface area contributed by atoms with Crippen LogP contribution in [0.2, 0.25) is 0 Å². The average molecular weight is 353 g/mol. The minimum atomic E-state index is -3.32. The van der Waals surface area contributed by atoms with E-state index in [2.05, 4.69) is 0 Å². The molecule has 1 aromatic carbocycles. The molecule has 2 aliphatic rings. The predicted octanol–water partition coefficient (Wildman–Crippen LogP) is 1.16. The van der Waals surface area contributed by atoms with Gasteiger partial charge in [0.15, 0.2) is 0 Å². The Morgan fingerprint density at radius 2 is 2.08 bits per heavy atom. The van der Waals surface area contributed by atoms with Crippen molar-refractivity contribution in [2.45, 2.75) is 19.3 Å². The zero-order valence-electron chi connectivity index (χ0n) is 13.3. The highest BCUT2D eigenvalue weighted by Crippen LogP contribution is 2.34. The number of hydrogen-bond acceptors (Lipinski definition) is 5. The number of fused-ring (bicyclic) bond motifs is 1. The summed E-state index contributed by atoms with van der Waals surface area (Å²) in [5.74, 6) is -0.554. The number of nitro benzene ring substituents is 1. The van der Waals surface area contributed by atoms with E-state index in [1.54, 1.807) is 11.0 Å². The van der Waals surface area contributed by atoms with E-state index in [0.717, 1.165) is 11.8 Å². The number of nitrogens with zero attached hydrogens (tertiary/aromatic N) is 3. The lowest BCUT2D eigenvalue weighted by molar-refractivity contribution is -0.384. The van der Waals surface area contributed by atoms with E-state index in [4.69, 9.17) is 0 Å². The van der Waals surface area contributed by atoms with Crippen LogP contribution in [0.1, 0.15) is 18.4 Å². The second-order valence-electron chi connectivity index (χ2n) is 6.27. The number of nitro groups is 1. The average Bonchev–Trinajstić information content (AvgIpc) is 2.96. The molecule has 9 heteroatoms. The molecule has 1 aromatic rings. The molecule has 1 saturated heterocycles. The Kier molecular flexibility index (Phi) is 4.31. The van der Waals surface area contributed by atoms with Gasteiger partial charge in [-0.3, -0.25) is 14.9 Å². The van der Waals surface area contributed by atoms with E-state index in [1.165, 1.54) is 16.4 Å². The number of non-ortho nitro benzene ring substituents is 1. The van der Waals surface area contributed by atoms with Crippen LogP contribution in [0.4, 0.5) is 11.4 Å². The van der Waals surface area contributed by atoms with Gasteiger partial charge in [0.2, 0.25) is 15.9 Å². The van der Waals surface area contributed by atoms with Crippen LogP contribution in [0, 0.1) is 16.0 Å². The summed E-state index contributed by atoms with van der Waals surface area (Å²) in [5, 5.41) is 11.0. The van der Waals surface area contributed by atoms with Gasteiger partial charge in [-0.05, 0) is 24.8 Å². The number of piperidine rings is 1. The number of benzene rings is 1. The second kappa shape index (κ2) is 6.14. The molecule has 0 aromatic heterocycles. The van der Waals surface area contributed by atoms with Gasteiger partial charge in [0.1, 0.15) is 0 Å². The lowest BCUT2D eigenvalue weighted by atomic mass is 9.98. The number of hydrogen-bond donors (Lipinski definition) is 0. The lowest BCUT2D eigenvalue weighted by Crippen LogP contribution is -2.46. The van der Waals surface area contributed by atoms with Gasteiger partial charge >= 0.3 is 0 Å². The first kappa shape index (κ1) is 16.8. The van der Waals surface area contributed by atoms with Crippen LogP contribution < -0.4 is 4.90 Å². The fraction of sp³-hybridized carbons (Fsp3) is 0.533. The Morgan fingerprint density at radius 1 is 1.33 bits per heavy atom. The third-order valence-electron chi connectivity index (χ3n) is 4.64. The van der Waals surface area contributed by atoms with Gasteiger partial charge in [-0.1, -0.05) is 6.07 Å². The number of anilines is 1. The number of amides is 1. The molecular weight excluding hydrogens is 334 g/mol. The topological polar surface area (TPSA) is 101 Å². The number of carbonyl (C=O) groups is 1. The molecule has 130 valence electrons. The van der Waals surface area contributed by atoms with Crippen molar-refractivity contribution in [2.24, 2.45) is 5.92 Å². The standard InChI is InChI=1S/C15H19N3O5S/c1-24(22,23)16-7-2-3-12(10-16)15(19)17-8-6-11-4-5-13(18(20)21)9-14(11)17/h4-5,9,12H,2-3,6-8,10H2,1H3. The Bertz CT molecular complexity index is 792. The van der Waals surface area contributed by atoms with Crippen LogP contribution in [0.15, 0.2) is 18.2 Å². The highest BCUT2D eigenvalue weighted by Gasteiger charge is 2.35. The number of sulfonamides is 1. The molecule has 0 spiro atoms. The Hall–Kier alpha value is -2.00. The molecular formula is C15H19N3O5S. The molecule has 2 aliphatic heterocycles. The van der Waals surface area contributed by atoms with E-state index >= 15 is 0 Å². The maximum atomic E-state index is 12.9. The molecule has 1 atom stereocenters. The van der Waals surface area contributed by atoms with Crippen molar-refractivity contribution in [3.63, 3.8) is 0 Å². The Morgan fingerprint density at radius 3 is 2.75 bits per heavy atom. The molecule has 2 heterocycles. The predicted molar refractivity (Wildman–Crippen MR) is 88.3 cm³/mol. The maximum Gasteiger partial charge on any atom is 0.271 e. The van der Waals surface area contributed by atoms with Gasteiger partial charge in [-0.25, -0.2) is 12.7 Å². The van der Waals surface area contributed by atoms with Gasteiger partial charge < -0.3 is 4.90 Å². The molecule has 0 radical (unpaired) electrons. The molecule has 1 unspecified atom stereocenters. The zero-order chi connectivity index (χ0) is 17.5. The van der Waals surface area contributed by atoms with E-state index in [0.29, 0.717) is 38.0 Å². The van der Waals surface area contributed by atoms with Crippen molar-refractivity contribution in [1.29, 1.82) is 0 Å². The van der Waals surface area contributed by atoms with Crippen molar-refractivity contribution in [3.05, 3.63) is 33.9 Å². The monoisotopic (exact) mass is 353 g/mol. The summed E-state index contributed by atoms with van der Waals surface area (Å²) in [5.41, 5.74) is 1.44. The van der Waals surface area contributed by atoms with E-state index in [1.807, 2.05) is 0 Å². The first-order chi connectivity index (χ1) is 11.3. The third kappa shape index (κ3) is 3.13. The zero-order valence-corrected chi connectivity index (χ0v) is 14.2. The molecule has 0 aliphatic carbocycles. The van der Waals surface area contributed by atoms with Crippen LogP contribution in [-0.4, -0.2) is 49.4 Å². The van der Waals surface area contributed by atoms with Gasteiger partial charge in [-0.2, -0.15) is 0 Å². The summed E-state index contributed by atoms with van der Waals surface area (Å²) in [6, 6.07) is 4.56. The van der Waals surface area contributed by atoms with Crippen LogP contribution in [0.5, 0.6) is 0 Å². The molecule has 0 saturated carbocycles. The van der Waals surface area contributed by atoms with Gasteiger partial charge in [0.25, 0.3) is 5.69 Å². The van der Waals surface area contributed by atoms with Gasteiger partial charge in [0, 0.05) is 31.8 Å². The van der Waals surface area contributed by atoms with Crippen LogP contribution in [0.3, 0.4) is 0 Å². The van der Waals surface area contributed by atoms with E-state index in [9.17, 15) is 23.3 Å². The minimum Gasteiger partial charge on any atom is -0.311 e. The summed E-state index contributed by atoms with van der Waals surface area (Å²) in [6.45, 7) is 1.09. The van der Waals surface area contributed by atoms with Crippen molar-refractivity contribution < 1.29 is 18.1 Å². The minimum absolute atomic E-state index is 0.0464. The summed E-state index contributed by atoms with van der Waals surface area (Å²) in [4.78, 5) is 24.9. The summed E-state index contributed by atoms with van der Waals surface area (Å²) in [7, 11) is -3.32. The highest BCUT2D eigenvalue weighted by atomic mass is 32.2. The lowest BCUT2D eigenvalue weighted by Gasteiger charge is -2.32. The fourth-order valence-electron chi connectivity index (χ4n) is 3.38. The highest BCUT2D eigenvalue weighted by molar-refractivity contribution is 7.88. The van der Waals surface area contributed by atoms with E-state index in [-0.39, 0.29) is 18.1 Å². The Labute approximate surface area is 140 Å². The molecule has 8 nitrogen and oxygen atoms in total. The van der Waals surface area contributed by atoms with E-state index < -0.39 is 20.9 Å². The summed E-state index contributed by atoms with van der Waals surface area (Å²) in [6.07, 6.45) is 3.07. The van der Waals surface area contributed by atoms with Crippen molar-refractivity contribution in [1.82, 2.24) is 4.31 Å². The molecule has 0 bridgehead atoms. The maximum absolute atomic E-state index is 12.9. The quantitative estimate of drug-likeness (QED) is 0.599. The summed E-state index contributed by atoms with van der Waals surface area (Å²) < 4.78 is 24.8. The van der Waals surface area contributed by atoms with Crippen molar-refractivity contribution >= 4 is 27.3 Å². The third-order valence-corrected chi connectivity index (χ3v) is 5.91. The smallest absolute Gasteiger partial charge is 0.271 e. The number of rotatable bonds is 3. The molecule has 24 heavy (non-hydrogen) atoms. The second-order valence-corrected chi connectivity index (χ2v) is 8.25. The summed E-state index contributed by atoms with van der Waals surface area (Å²) >= 11 is 0. The van der Waals surface area contributed by atoms with Crippen molar-refractivity contribution in [3.8, 4) is 0 Å². The largest absolute Gasteiger partial charge is 0.311 e. The van der Waals surface area contributed by atoms with Gasteiger partial charge in [0.05, 0.1) is 22.8 Å². The fourth-order valence-corrected chi connectivity index (χ4v) is 4.29. The SMILES string of the molecule is CS(=O)(=O)N1CCCC(C(=O)N2CCc3ccc([N+](=O)[O-])cc32)C1. The first-order valence-corrected chi connectivity index (χ1v) is 9.66. The molecule has 1 fully saturated rings. The van der Waals surface area contributed by atoms with Gasteiger partial charge in [-0.15, -0.1) is 0 Å². The molecule has 1 amide bonds. The van der Waals surface area contributed by atoms with Crippen LogP contribution in [-0.2, 0) is 21.2 Å². The van der Waals surface area contributed by atoms with Crippen molar-refractivity contribution in [2.75, 3.05) is 30.8 Å². The number of carbonyl (C=O) groups excluding carboxylic acids is 1. The molecule has 0 N–H and O–H groups in total. The molecule has 3 rings (SSSR count). The Balaban J connectivity index is 1.83. The van der Waals surface area contributed by atoms with Crippen LogP contribution >= 0.6 is 0 Å². The normalized spacial score (nSPS) is 21.5.